The van der Waals surface area contributed by atoms with Crippen LogP contribution in [0.2, 0.25) is 0 Å². The molecule has 0 heterocycles. The first-order valence-electron chi connectivity index (χ1n) is 5.19. The average molecular weight is 200 g/mol. The van der Waals surface area contributed by atoms with Crippen molar-refractivity contribution in [2.75, 3.05) is 0 Å². The van der Waals surface area contributed by atoms with E-state index in [1.807, 2.05) is 13.8 Å². The summed E-state index contributed by atoms with van der Waals surface area (Å²) < 4.78 is 5.60. The topological polar surface area (TPSA) is 46.5 Å². The minimum absolute atomic E-state index is 0.0278. The van der Waals surface area contributed by atoms with Crippen molar-refractivity contribution in [2.45, 2.75) is 58.7 Å². The van der Waals surface area contributed by atoms with Gasteiger partial charge in [-0.25, -0.2) is 4.79 Å². The maximum absolute atomic E-state index is 11.2. The number of hydrogen-bond donors (Lipinski definition) is 1. The van der Waals surface area contributed by atoms with Gasteiger partial charge in [0.1, 0.15) is 0 Å². The first-order chi connectivity index (χ1) is 6.27. The minimum Gasteiger partial charge on any atom is -0.479 e. The van der Waals surface area contributed by atoms with E-state index < -0.39 is 11.6 Å². The second kappa shape index (κ2) is 3.54. The van der Waals surface area contributed by atoms with Crippen molar-refractivity contribution in [3.8, 4) is 0 Å². The van der Waals surface area contributed by atoms with Gasteiger partial charge >= 0.3 is 5.97 Å². The summed E-state index contributed by atoms with van der Waals surface area (Å²) in [5.41, 5.74) is -0.842. The highest BCUT2D eigenvalue weighted by Gasteiger charge is 2.50. The highest BCUT2D eigenvalue weighted by molar-refractivity contribution is 5.78. The van der Waals surface area contributed by atoms with Crippen LogP contribution in [0.25, 0.3) is 0 Å². The Bertz CT molecular complexity index is 233. The molecule has 1 fully saturated rings. The Labute approximate surface area is 85.5 Å². The predicted molar refractivity (Wildman–Crippen MR) is 54.2 cm³/mol. The van der Waals surface area contributed by atoms with E-state index in [2.05, 4.69) is 13.8 Å². The summed E-state index contributed by atoms with van der Waals surface area (Å²) in [4.78, 5) is 11.2. The van der Waals surface area contributed by atoms with Crippen molar-refractivity contribution >= 4 is 5.97 Å². The summed E-state index contributed by atoms with van der Waals surface area (Å²) >= 11 is 0. The Morgan fingerprint density at radius 2 is 1.93 bits per heavy atom. The van der Waals surface area contributed by atoms with Gasteiger partial charge in [-0.2, -0.15) is 0 Å². The van der Waals surface area contributed by atoms with E-state index in [1.54, 1.807) is 0 Å². The standard InChI is InChI=1S/C11H20O3/c1-8(2)14-11(9(12)13)6-5-10(3,4)7-11/h8H,5-7H2,1-4H3,(H,12,13). The molecule has 1 unspecified atom stereocenters. The molecule has 0 aromatic rings. The fraction of sp³-hybridized carbons (Fsp3) is 0.909. The molecule has 0 saturated heterocycles. The lowest BCUT2D eigenvalue weighted by Gasteiger charge is -2.28. The third-order valence-corrected chi connectivity index (χ3v) is 2.82. The monoisotopic (exact) mass is 200 g/mol. The molecule has 0 spiro atoms. The predicted octanol–water partition coefficient (Wildman–Crippen LogP) is 2.44. The average Bonchev–Trinajstić information content (AvgIpc) is 2.26. The van der Waals surface area contributed by atoms with Crippen molar-refractivity contribution < 1.29 is 14.6 Å². The van der Waals surface area contributed by atoms with Gasteiger partial charge in [-0.1, -0.05) is 13.8 Å². The van der Waals surface area contributed by atoms with Crippen molar-refractivity contribution in [1.82, 2.24) is 0 Å². The Balaban J connectivity index is 2.81. The van der Waals surface area contributed by atoms with E-state index >= 15 is 0 Å². The number of hydrogen-bond acceptors (Lipinski definition) is 2. The van der Waals surface area contributed by atoms with E-state index in [-0.39, 0.29) is 11.5 Å². The van der Waals surface area contributed by atoms with E-state index in [9.17, 15) is 9.90 Å². The SMILES string of the molecule is CC(C)OC1(C(=O)O)CCC(C)(C)C1. The third kappa shape index (κ3) is 2.27. The van der Waals surface area contributed by atoms with Gasteiger partial charge in [0.2, 0.25) is 0 Å². The van der Waals surface area contributed by atoms with Gasteiger partial charge in [-0.3, -0.25) is 0 Å². The summed E-state index contributed by atoms with van der Waals surface area (Å²) in [6, 6.07) is 0. The third-order valence-electron chi connectivity index (χ3n) is 2.82. The molecule has 1 aliphatic rings. The Hall–Kier alpha value is -0.570. The summed E-state index contributed by atoms with van der Waals surface area (Å²) in [7, 11) is 0. The number of carboxylic acid groups (broad SMARTS) is 1. The van der Waals surface area contributed by atoms with Crippen LogP contribution in [0, 0.1) is 5.41 Å². The van der Waals surface area contributed by atoms with Crippen molar-refractivity contribution in [3.05, 3.63) is 0 Å². The van der Waals surface area contributed by atoms with Crippen LogP contribution >= 0.6 is 0 Å². The molecule has 0 radical (unpaired) electrons. The molecule has 3 nitrogen and oxygen atoms in total. The molecule has 82 valence electrons. The van der Waals surface area contributed by atoms with Crippen LogP contribution in [0.15, 0.2) is 0 Å². The molecule has 1 saturated carbocycles. The van der Waals surface area contributed by atoms with E-state index in [4.69, 9.17) is 4.74 Å². The molecular weight excluding hydrogens is 180 g/mol. The van der Waals surface area contributed by atoms with Gasteiger partial charge < -0.3 is 9.84 Å². The van der Waals surface area contributed by atoms with Crippen LogP contribution in [0.5, 0.6) is 0 Å². The zero-order valence-electron chi connectivity index (χ0n) is 9.46. The molecular formula is C11H20O3. The number of aliphatic carboxylic acids is 1. The van der Waals surface area contributed by atoms with Crippen molar-refractivity contribution in [2.24, 2.45) is 5.41 Å². The van der Waals surface area contributed by atoms with Crippen LogP contribution in [-0.2, 0) is 9.53 Å². The number of carbonyl (C=O) groups is 1. The lowest BCUT2D eigenvalue weighted by atomic mass is 9.89. The Morgan fingerprint density at radius 3 is 2.21 bits per heavy atom. The highest BCUT2D eigenvalue weighted by Crippen LogP contribution is 2.46. The van der Waals surface area contributed by atoms with Crippen LogP contribution in [0.1, 0.15) is 47.0 Å². The highest BCUT2D eigenvalue weighted by atomic mass is 16.5. The molecule has 0 amide bonds. The summed E-state index contributed by atoms with van der Waals surface area (Å²) in [5.74, 6) is -0.809. The molecule has 3 heteroatoms. The molecule has 0 aromatic heterocycles. The Kier molecular flexibility index (Phi) is 2.91. The fourth-order valence-corrected chi connectivity index (χ4v) is 2.27. The van der Waals surface area contributed by atoms with E-state index in [1.165, 1.54) is 0 Å². The quantitative estimate of drug-likeness (QED) is 0.761. The van der Waals surface area contributed by atoms with Gasteiger partial charge in [0.25, 0.3) is 0 Å². The lowest BCUT2D eigenvalue weighted by molar-refractivity contribution is -0.172. The number of carboxylic acids is 1. The fourth-order valence-electron chi connectivity index (χ4n) is 2.27. The normalized spacial score (nSPS) is 30.9. The maximum Gasteiger partial charge on any atom is 0.336 e. The molecule has 1 N–H and O–H groups in total. The lowest BCUT2D eigenvalue weighted by Crippen LogP contribution is -2.41. The maximum atomic E-state index is 11.2. The largest absolute Gasteiger partial charge is 0.479 e. The van der Waals surface area contributed by atoms with Crippen LogP contribution in [0.4, 0.5) is 0 Å². The molecule has 0 bridgehead atoms. The zero-order chi connectivity index (χ0) is 11.0. The smallest absolute Gasteiger partial charge is 0.336 e. The molecule has 1 atom stereocenters. The molecule has 0 aliphatic heterocycles. The molecule has 1 aliphatic carbocycles. The summed E-state index contributed by atoms with van der Waals surface area (Å²) in [5, 5.41) is 9.22. The minimum atomic E-state index is -0.933. The van der Waals surface area contributed by atoms with Gasteiger partial charge in [0.05, 0.1) is 6.10 Å². The van der Waals surface area contributed by atoms with Gasteiger partial charge in [-0.15, -0.1) is 0 Å². The van der Waals surface area contributed by atoms with E-state index in [0.717, 1.165) is 6.42 Å². The molecule has 14 heavy (non-hydrogen) atoms. The first-order valence-corrected chi connectivity index (χ1v) is 5.19. The van der Waals surface area contributed by atoms with E-state index in [0.29, 0.717) is 12.8 Å². The van der Waals surface area contributed by atoms with Gasteiger partial charge in [0, 0.05) is 0 Å². The Morgan fingerprint density at radius 1 is 1.36 bits per heavy atom. The number of rotatable bonds is 3. The first kappa shape index (κ1) is 11.5. The molecule has 0 aromatic carbocycles. The van der Waals surface area contributed by atoms with Crippen LogP contribution in [0.3, 0.4) is 0 Å². The van der Waals surface area contributed by atoms with Gasteiger partial charge in [0.15, 0.2) is 5.60 Å². The summed E-state index contributed by atoms with van der Waals surface area (Å²) in [6.07, 6.45) is 2.15. The van der Waals surface area contributed by atoms with Crippen molar-refractivity contribution in [3.63, 3.8) is 0 Å². The summed E-state index contributed by atoms with van der Waals surface area (Å²) in [6.45, 7) is 7.97. The van der Waals surface area contributed by atoms with Gasteiger partial charge in [-0.05, 0) is 38.5 Å². The molecule has 1 rings (SSSR count). The number of ether oxygens (including phenoxy) is 1. The zero-order valence-corrected chi connectivity index (χ0v) is 9.46. The second-order valence-corrected chi connectivity index (χ2v) is 5.31. The van der Waals surface area contributed by atoms with Crippen LogP contribution < -0.4 is 0 Å². The van der Waals surface area contributed by atoms with Crippen molar-refractivity contribution in [1.29, 1.82) is 0 Å². The van der Waals surface area contributed by atoms with Crippen LogP contribution in [-0.4, -0.2) is 22.8 Å². The second-order valence-electron chi connectivity index (χ2n) is 5.31.